The van der Waals surface area contributed by atoms with Crippen molar-refractivity contribution in [3.63, 3.8) is 0 Å². The summed E-state index contributed by atoms with van der Waals surface area (Å²) >= 11 is 3.05. The third-order valence-corrected chi connectivity index (χ3v) is 12.2. The van der Waals surface area contributed by atoms with Crippen LogP contribution >= 0.6 is 23.5 Å². The van der Waals surface area contributed by atoms with E-state index in [1.54, 1.807) is 72.7 Å². The summed E-state index contributed by atoms with van der Waals surface area (Å²) in [5.41, 5.74) is 5.79. The van der Waals surface area contributed by atoms with Crippen LogP contribution in [0.15, 0.2) is 91.4 Å². The third-order valence-electron chi connectivity index (χ3n) is 9.69. The van der Waals surface area contributed by atoms with Gasteiger partial charge in [0, 0.05) is 48.1 Å². The first kappa shape index (κ1) is 45.5. The van der Waals surface area contributed by atoms with E-state index in [0.717, 1.165) is 22.3 Å². The van der Waals surface area contributed by atoms with Gasteiger partial charge in [0.05, 0.1) is 61.2 Å². The Kier molecular flexibility index (Phi) is 15.9. The fraction of sp³-hybridized carbons (Fsp3) is 0.295. The van der Waals surface area contributed by atoms with Crippen molar-refractivity contribution in [2.45, 2.75) is 49.6 Å². The van der Waals surface area contributed by atoms with Crippen molar-refractivity contribution in [3.05, 3.63) is 131 Å². The number of aliphatic hydroxyl groups is 1. The predicted molar refractivity (Wildman–Crippen MR) is 230 cm³/mol. The Morgan fingerprint density at radius 1 is 0.790 bits per heavy atom. The maximum Gasteiger partial charge on any atom is 0.339 e. The molecule has 0 radical (unpaired) electrons. The zero-order chi connectivity index (χ0) is 44.2. The molecular formula is C44H45N5O11S2. The number of aromatic nitrogens is 3. The lowest BCUT2D eigenvalue weighted by Gasteiger charge is -2.19. The maximum absolute atomic E-state index is 11.9. The predicted octanol–water partition coefficient (Wildman–Crippen LogP) is 5.32. The van der Waals surface area contributed by atoms with E-state index in [2.05, 4.69) is 30.3 Å². The number of esters is 3. The second kappa shape index (κ2) is 21.7. The number of carbonyl (C=O) groups is 4. The summed E-state index contributed by atoms with van der Waals surface area (Å²) in [4.78, 5) is 59.9. The molecule has 62 heavy (non-hydrogen) atoms. The van der Waals surface area contributed by atoms with Crippen molar-refractivity contribution in [1.82, 2.24) is 25.6 Å². The van der Waals surface area contributed by atoms with Gasteiger partial charge in [-0.2, -0.15) is 0 Å². The lowest BCUT2D eigenvalue weighted by molar-refractivity contribution is -0.143. The van der Waals surface area contributed by atoms with Crippen molar-refractivity contribution < 1.29 is 53.1 Å². The molecular weight excluding hydrogens is 839 g/mol. The smallest absolute Gasteiger partial charge is 0.339 e. The Labute approximate surface area is 366 Å². The number of methoxy groups -OCH3 is 3. The van der Waals surface area contributed by atoms with Crippen LogP contribution in [0.1, 0.15) is 66.6 Å². The standard InChI is InChI=1S/C24H23N3O5S.C20H22N2O6S/c1-14(28)17-7-6-16(15-8-10-25-11-9-15)18(26-17)12-32-21-5-3-4-20(29)22(21)23-27-19(13-33-23)24(30)31-2;1-26-19(24)13-4-5-14(21-8-13)10-28-17-6-3-12(9-23)7-15(17)18-22-16(11-29-18)20(25)27-2/h3-11,19,23,27,29H,12-13H2,1-2H3;3-8,16,18,22-23H,9-11H2,1-2H3. The van der Waals surface area contributed by atoms with Gasteiger partial charge in [0.15, 0.2) is 5.78 Å². The van der Waals surface area contributed by atoms with Gasteiger partial charge >= 0.3 is 17.9 Å². The topological polar surface area (TPSA) is 218 Å². The molecule has 324 valence electrons. The molecule has 5 aromatic rings. The van der Waals surface area contributed by atoms with Gasteiger partial charge in [0.25, 0.3) is 0 Å². The lowest BCUT2D eigenvalue weighted by atomic mass is 10.0. The van der Waals surface area contributed by atoms with E-state index >= 15 is 0 Å². The number of aromatic hydroxyl groups is 1. The number of hydrogen-bond acceptors (Lipinski definition) is 18. The summed E-state index contributed by atoms with van der Waals surface area (Å²) in [6, 6.07) is 20.2. The number of rotatable bonds is 14. The average molecular weight is 884 g/mol. The minimum Gasteiger partial charge on any atom is -0.507 e. The molecule has 0 aliphatic carbocycles. The number of hydrogen-bond donors (Lipinski definition) is 4. The number of thioether (sulfide) groups is 2. The summed E-state index contributed by atoms with van der Waals surface area (Å²) in [6.45, 7) is 1.65. The van der Waals surface area contributed by atoms with Crippen molar-refractivity contribution in [2.75, 3.05) is 32.8 Å². The van der Waals surface area contributed by atoms with Crippen LogP contribution in [0.5, 0.6) is 17.2 Å². The molecule has 0 saturated carbocycles. The van der Waals surface area contributed by atoms with Crippen LogP contribution in [0.4, 0.5) is 0 Å². The van der Waals surface area contributed by atoms with Crippen LogP contribution < -0.4 is 20.1 Å². The summed E-state index contributed by atoms with van der Waals surface area (Å²) in [5.74, 6) is 0.981. The summed E-state index contributed by atoms with van der Waals surface area (Å²) in [5, 5.41) is 25.9. The van der Waals surface area contributed by atoms with Gasteiger partial charge in [-0.1, -0.05) is 18.2 Å². The van der Waals surface area contributed by atoms with E-state index in [-0.39, 0.29) is 54.0 Å². The monoisotopic (exact) mass is 883 g/mol. The summed E-state index contributed by atoms with van der Waals surface area (Å²) < 4.78 is 26.4. The average Bonchev–Trinajstić information content (AvgIpc) is 4.01. The molecule has 2 aliphatic rings. The molecule has 2 fully saturated rings. The molecule has 18 heteroatoms. The van der Waals surface area contributed by atoms with E-state index in [4.69, 9.17) is 18.9 Å². The molecule has 7 rings (SSSR count). The van der Waals surface area contributed by atoms with E-state index < -0.39 is 18.1 Å². The van der Waals surface area contributed by atoms with E-state index in [9.17, 15) is 29.4 Å². The number of ether oxygens (including phenoxy) is 5. The minimum atomic E-state index is -0.468. The second-order valence-corrected chi connectivity index (χ2v) is 16.0. The van der Waals surface area contributed by atoms with Crippen LogP contribution in [0.3, 0.4) is 0 Å². The Hall–Kier alpha value is -6.05. The van der Waals surface area contributed by atoms with E-state index in [1.807, 2.05) is 24.3 Å². The van der Waals surface area contributed by atoms with Crippen LogP contribution in [0.2, 0.25) is 0 Å². The number of pyridine rings is 3. The van der Waals surface area contributed by atoms with Crippen molar-refractivity contribution >= 4 is 47.2 Å². The molecule has 2 aromatic carbocycles. The Balaban J connectivity index is 0.000000209. The molecule has 16 nitrogen and oxygen atoms in total. The van der Waals surface area contributed by atoms with Crippen molar-refractivity contribution in [2.24, 2.45) is 0 Å². The third kappa shape index (κ3) is 11.3. The zero-order valence-corrected chi connectivity index (χ0v) is 35.9. The molecule has 2 saturated heterocycles. The number of ketones is 1. The fourth-order valence-corrected chi connectivity index (χ4v) is 8.97. The van der Waals surface area contributed by atoms with Crippen LogP contribution in [0, 0.1) is 0 Å². The number of aliphatic hydroxyl groups excluding tert-OH is 1. The fourth-order valence-electron chi connectivity index (χ4n) is 6.45. The molecule has 2 aliphatic heterocycles. The van der Waals surface area contributed by atoms with Crippen molar-refractivity contribution in [1.29, 1.82) is 0 Å². The maximum atomic E-state index is 11.9. The number of Topliss-reactive ketones (excluding diaryl/α,β-unsaturated/α-hetero) is 1. The van der Waals surface area contributed by atoms with Crippen molar-refractivity contribution in [3.8, 4) is 28.4 Å². The first-order chi connectivity index (χ1) is 30.0. The number of phenolic OH excluding ortho intramolecular Hbond substituents is 1. The molecule has 4 unspecified atom stereocenters. The van der Waals surface area contributed by atoms with Crippen LogP contribution in [-0.4, -0.2) is 93.8 Å². The van der Waals surface area contributed by atoms with Gasteiger partial charge < -0.3 is 33.9 Å². The number of nitrogens with zero attached hydrogens (tertiary/aromatic N) is 3. The molecule has 0 amide bonds. The number of carbonyl (C=O) groups excluding carboxylic acids is 4. The van der Waals surface area contributed by atoms with Gasteiger partial charge in [-0.25, -0.2) is 9.78 Å². The Morgan fingerprint density at radius 3 is 2.13 bits per heavy atom. The Morgan fingerprint density at radius 2 is 1.48 bits per heavy atom. The highest BCUT2D eigenvalue weighted by molar-refractivity contribution is 8.00. The molecule has 4 atom stereocenters. The van der Waals surface area contributed by atoms with Gasteiger partial charge in [-0.15, -0.1) is 23.5 Å². The summed E-state index contributed by atoms with van der Waals surface area (Å²) in [7, 11) is 4.03. The van der Waals surface area contributed by atoms with Gasteiger partial charge in [-0.05, 0) is 65.7 Å². The van der Waals surface area contributed by atoms with Gasteiger partial charge in [0.1, 0.15) is 48.2 Å². The SMILES string of the molecule is COC(=O)C1CSC(c2c(O)cccc2OCc2nc(C(C)=O)ccc2-c2ccncc2)N1.COC(=O)c1ccc(COc2ccc(CO)cc2C2NC(C(=O)OC)CS2)nc1. The summed E-state index contributed by atoms with van der Waals surface area (Å²) in [6.07, 6.45) is 4.81. The molecule has 3 aromatic heterocycles. The van der Waals surface area contributed by atoms with Gasteiger partial charge in [-0.3, -0.25) is 35.0 Å². The highest BCUT2D eigenvalue weighted by atomic mass is 32.2. The number of phenols is 1. The van der Waals surface area contributed by atoms with Crippen LogP contribution in [0.25, 0.3) is 11.1 Å². The van der Waals surface area contributed by atoms with Gasteiger partial charge in [0.2, 0.25) is 0 Å². The molecule has 0 bridgehead atoms. The zero-order valence-electron chi connectivity index (χ0n) is 34.2. The quantitative estimate of drug-likeness (QED) is 0.0630. The largest absolute Gasteiger partial charge is 0.507 e. The second-order valence-electron chi connectivity index (χ2n) is 13.7. The number of benzene rings is 2. The lowest BCUT2D eigenvalue weighted by Crippen LogP contribution is -2.35. The van der Waals surface area contributed by atoms with E-state index in [0.29, 0.717) is 51.2 Å². The minimum absolute atomic E-state index is 0.0582. The molecule has 4 N–H and O–H groups in total. The molecule has 0 spiro atoms. The molecule has 5 heterocycles. The van der Waals surface area contributed by atoms with Crippen LogP contribution in [-0.2, 0) is 43.6 Å². The first-order valence-corrected chi connectivity index (χ1v) is 21.3. The number of nitrogens with one attached hydrogen (secondary N) is 2. The van der Waals surface area contributed by atoms with E-state index in [1.165, 1.54) is 46.2 Å². The highest BCUT2D eigenvalue weighted by Gasteiger charge is 2.35. The highest BCUT2D eigenvalue weighted by Crippen LogP contribution is 2.43. The normalized spacial score (nSPS) is 17.9. The first-order valence-electron chi connectivity index (χ1n) is 19.2. The Bertz CT molecular complexity index is 2370.